The third-order valence-electron chi connectivity index (χ3n) is 3.37. The van der Waals surface area contributed by atoms with E-state index in [-0.39, 0.29) is 12.5 Å². The third kappa shape index (κ3) is 4.01. The number of rotatable bonds is 6. The number of nitrogens with one attached hydrogen (secondary N) is 2. The summed E-state index contributed by atoms with van der Waals surface area (Å²) in [6.45, 7) is 6.75. The summed E-state index contributed by atoms with van der Waals surface area (Å²) in [6, 6.07) is 13.5. The Balaban J connectivity index is 1.99. The molecule has 0 spiro atoms. The fourth-order valence-electron chi connectivity index (χ4n) is 2.31. The van der Waals surface area contributed by atoms with Crippen LogP contribution in [-0.2, 0) is 4.79 Å². The highest BCUT2D eigenvalue weighted by molar-refractivity contribution is 5.95. The number of hydrogen-bond donors (Lipinski definition) is 2. The van der Waals surface area contributed by atoms with E-state index < -0.39 is 0 Å². The number of hydrogen-bond acceptors (Lipinski definition) is 3. The van der Waals surface area contributed by atoms with E-state index in [1.165, 1.54) is 0 Å². The molecular weight excluding hydrogens is 276 g/mol. The smallest absolute Gasteiger partial charge is 0.243 e. The van der Waals surface area contributed by atoms with Crippen LogP contribution in [0.15, 0.2) is 42.5 Å². The molecule has 0 aliphatic carbocycles. The molecule has 0 fully saturated rings. The topological polar surface area (TPSA) is 50.4 Å². The maximum atomic E-state index is 12.1. The zero-order valence-electron chi connectivity index (χ0n) is 13.3. The zero-order chi connectivity index (χ0) is 15.9. The van der Waals surface area contributed by atoms with Crippen LogP contribution < -0.4 is 15.4 Å². The van der Waals surface area contributed by atoms with Gasteiger partial charge < -0.3 is 15.4 Å². The second kappa shape index (κ2) is 7.50. The van der Waals surface area contributed by atoms with Gasteiger partial charge in [-0.3, -0.25) is 4.79 Å². The van der Waals surface area contributed by atoms with Gasteiger partial charge in [-0.05, 0) is 44.0 Å². The Bertz CT molecular complexity index is 633. The van der Waals surface area contributed by atoms with Gasteiger partial charge in [-0.15, -0.1) is 0 Å². The third-order valence-corrected chi connectivity index (χ3v) is 3.37. The maximum Gasteiger partial charge on any atom is 0.243 e. The number of para-hydroxylation sites is 3. The van der Waals surface area contributed by atoms with E-state index in [0.717, 1.165) is 16.8 Å². The van der Waals surface area contributed by atoms with Gasteiger partial charge in [-0.1, -0.05) is 30.3 Å². The lowest BCUT2D eigenvalue weighted by Crippen LogP contribution is -2.22. The molecule has 0 saturated heterocycles. The van der Waals surface area contributed by atoms with Crippen LogP contribution in [0.5, 0.6) is 5.75 Å². The molecule has 0 heterocycles. The highest BCUT2D eigenvalue weighted by Gasteiger charge is 2.08. The van der Waals surface area contributed by atoms with E-state index in [4.69, 9.17) is 4.74 Å². The van der Waals surface area contributed by atoms with Gasteiger partial charge in [0.15, 0.2) is 0 Å². The molecule has 0 aromatic heterocycles. The number of benzene rings is 2. The predicted molar refractivity (Wildman–Crippen MR) is 90.6 cm³/mol. The molecule has 2 aromatic carbocycles. The first kappa shape index (κ1) is 15.9. The number of carbonyl (C=O) groups is 1. The summed E-state index contributed by atoms with van der Waals surface area (Å²) >= 11 is 0. The molecule has 0 aliphatic heterocycles. The molecule has 0 unspecified atom stereocenters. The summed E-state index contributed by atoms with van der Waals surface area (Å²) in [5.74, 6) is 0.584. The van der Waals surface area contributed by atoms with Crippen LogP contribution in [0.25, 0.3) is 0 Å². The highest BCUT2D eigenvalue weighted by atomic mass is 16.5. The summed E-state index contributed by atoms with van der Waals surface area (Å²) in [4.78, 5) is 12.1. The Labute approximate surface area is 131 Å². The lowest BCUT2D eigenvalue weighted by molar-refractivity contribution is -0.114. The summed E-state index contributed by atoms with van der Waals surface area (Å²) in [5.41, 5.74) is 3.96. The molecule has 4 nitrogen and oxygen atoms in total. The number of ether oxygens (including phenoxy) is 1. The van der Waals surface area contributed by atoms with E-state index in [1.807, 2.05) is 63.2 Å². The zero-order valence-corrected chi connectivity index (χ0v) is 13.3. The number of amides is 1. The van der Waals surface area contributed by atoms with Crippen LogP contribution in [0.1, 0.15) is 18.1 Å². The molecule has 2 N–H and O–H groups in total. The van der Waals surface area contributed by atoms with Crippen molar-refractivity contribution in [2.45, 2.75) is 20.8 Å². The van der Waals surface area contributed by atoms with Crippen molar-refractivity contribution in [2.24, 2.45) is 0 Å². The lowest BCUT2D eigenvalue weighted by Gasteiger charge is -2.14. The quantitative estimate of drug-likeness (QED) is 0.854. The molecule has 2 aromatic rings. The molecule has 116 valence electrons. The summed E-state index contributed by atoms with van der Waals surface area (Å²) < 4.78 is 5.50. The van der Waals surface area contributed by atoms with Gasteiger partial charge >= 0.3 is 0 Å². The summed E-state index contributed by atoms with van der Waals surface area (Å²) in [6.07, 6.45) is 0. The minimum absolute atomic E-state index is 0.102. The minimum atomic E-state index is -0.102. The molecule has 1 amide bonds. The molecule has 0 saturated carbocycles. The first-order valence-corrected chi connectivity index (χ1v) is 7.43. The predicted octanol–water partition coefficient (Wildman–Crippen LogP) is 3.75. The van der Waals surface area contributed by atoms with Gasteiger partial charge in [-0.2, -0.15) is 0 Å². The summed E-state index contributed by atoms with van der Waals surface area (Å²) in [5, 5.41) is 6.08. The van der Waals surface area contributed by atoms with Crippen LogP contribution in [0.2, 0.25) is 0 Å². The first-order chi connectivity index (χ1) is 10.6. The first-order valence-electron chi connectivity index (χ1n) is 7.43. The van der Waals surface area contributed by atoms with Crippen molar-refractivity contribution < 1.29 is 9.53 Å². The molecule has 0 aliphatic rings. The van der Waals surface area contributed by atoms with Gasteiger partial charge in [0.2, 0.25) is 5.91 Å². The number of carbonyl (C=O) groups excluding carboxylic acids is 1. The Morgan fingerprint density at radius 3 is 2.41 bits per heavy atom. The van der Waals surface area contributed by atoms with Gasteiger partial charge in [0, 0.05) is 5.69 Å². The molecule has 22 heavy (non-hydrogen) atoms. The van der Waals surface area contributed by atoms with Crippen LogP contribution in [-0.4, -0.2) is 19.1 Å². The Morgan fingerprint density at radius 2 is 1.73 bits per heavy atom. The largest absolute Gasteiger partial charge is 0.492 e. The van der Waals surface area contributed by atoms with Gasteiger partial charge in [0.05, 0.1) is 18.8 Å². The van der Waals surface area contributed by atoms with Crippen LogP contribution in [0.4, 0.5) is 11.4 Å². The van der Waals surface area contributed by atoms with Gasteiger partial charge in [0.1, 0.15) is 5.75 Å². The second-order valence-electron chi connectivity index (χ2n) is 5.10. The summed E-state index contributed by atoms with van der Waals surface area (Å²) in [7, 11) is 0. The van der Waals surface area contributed by atoms with Crippen molar-refractivity contribution in [3.63, 3.8) is 0 Å². The van der Waals surface area contributed by atoms with E-state index >= 15 is 0 Å². The van der Waals surface area contributed by atoms with E-state index in [1.54, 1.807) is 0 Å². The van der Waals surface area contributed by atoms with Crippen molar-refractivity contribution in [1.29, 1.82) is 0 Å². The molecule has 0 bridgehead atoms. The van der Waals surface area contributed by atoms with Crippen molar-refractivity contribution >= 4 is 17.3 Å². The minimum Gasteiger partial charge on any atom is -0.492 e. The van der Waals surface area contributed by atoms with Crippen molar-refractivity contribution in [3.8, 4) is 5.75 Å². The fourth-order valence-corrected chi connectivity index (χ4v) is 2.31. The SMILES string of the molecule is CCOc1ccccc1NC(=O)CNc1c(C)cccc1C. The molecular formula is C18H22N2O2. The second-order valence-corrected chi connectivity index (χ2v) is 5.10. The van der Waals surface area contributed by atoms with Crippen molar-refractivity contribution in [3.05, 3.63) is 53.6 Å². The van der Waals surface area contributed by atoms with Gasteiger partial charge in [-0.25, -0.2) is 0 Å². The fraction of sp³-hybridized carbons (Fsp3) is 0.278. The molecule has 2 rings (SSSR count). The van der Waals surface area contributed by atoms with Crippen molar-refractivity contribution in [1.82, 2.24) is 0 Å². The number of anilines is 2. The van der Waals surface area contributed by atoms with E-state index in [9.17, 15) is 4.79 Å². The standard InChI is InChI=1S/C18H22N2O2/c1-4-22-16-11-6-5-10-15(16)20-17(21)12-19-18-13(2)8-7-9-14(18)3/h5-11,19H,4,12H2,1-3H3,(H,20,21). The normalized spacial score (nSPS) is 10.1. The Hall–Kier alpha value is -2.49. The van der Waals surface area contributed by atoms with E-state index in [2.05, 4.69) is 10.6 Å². The van der Waals surface area contributed by atoms with Crippen molar-refractivity contribution in [2.75, 3.05) is 23.8 Å². The van der Waals surface area contributed by atoms with Crippen LogP contribution in [0.3, 0.4) is 0 Å². The number of aryl methyl sites for hydroxylation is 2. The van der Waals surface area contributed by atoms with E-state index in [0.29, 0.717) is 18.0 Å². The average Bonchev–Trinajstić information content (AvgIpc) is 2.49. The Kier molecular flexibility index (Phi) is 5.42. The molecule has 0 atom stereocenters. The highest BCUT2D eigenvalue weighted by Crippen LogP contribution is 2.24. The molecule has 4 heteroatoms. The Morgan fingerprint density at radius 1 is 1.05 bits per heavy atom. The van der Waals surface area contributed by atoms with Crippen LogP contribution >= 0.6 is 0 Å². The monoisotopic (exact) mass is 298 g/mol. The lowest BCUT2D eigenvalue weighted by atomic mass is 10.1. The molecule has 0 radical (unpaired) electrons. The maximum absolute atomic E-state index is 12.1. The average molecular weight is 298 g/mol. The van der Waals surface area contributed by atoms with Crippen LogP contribution in [0, 0.1) is 13.8 Å². The van der Waals surface area contributed by atoms with Gasteiger partial charge in [0.25, 0.3) is 0 Å².